The number of hydrogen-bond donors (Lipinski definition) is 0. The molecule has 2 aromatic rings. The Bertz CT molecular complexity index is 756. The zero-order valence-electron chi connectivity index (χ0n) is 15.6. The minimum Gasteiger partial charge on any atom is -0.327 e. The summed E-state index contributed by atoms with van der Waals surface area (Å²) in [5, 5.41) is 0.547. The van der Waals surface area contributed by atoms with Crippen LogP contribution in [0.25, 0.3) is 0 Å². The smallest absolute Gasteiger partial charge is 0.0876 e. The number of fused-ring (bicyclic) bond motifs is 1. The van der Waals surface area contributed by atoms with E-state index in [9.17, 15) is 0 Å². The lowest BCUT2D eigenvalue weighted by molar-refractivity contribution is 0.0273. The molecule has 2 fully saturated rings. The fraction of sp³-hybridized carbons (Fsp3) is 0.478. The number of benzene rings is 2. The Morgan fingerprint density at radius 1 is 0.923 bits per heavy atom. The van der Waals surface area contributed by atoms with Crippen molar-refractivity contribution in [2.24, 2.45) is 5.92 Å². The highest BCUT2D eigenvalue weighted by atomic mass is 32.2. The molecule has 2 atom stereocenters. The van der Waals surface area contributed by atoms with Crippen molar-refractivity contribution in [3.8, 4) is 0 Å². The molecule has 1 aliphatic carbocycles. The van der Waals surface area contributed by atoms with Gasteiger partial charge in [-0.05, 0) is 69.3 Å². The van der Waals surface area contributed by atoms with E-state index in [1.165, 1.54) is 54.9 Å². The Morgan fingerprint density at radius 2 is 1.69 bits per heavy atom. The van der Waals surface area contributed by atoms with Gasteiger partial charge in [0, 0.05) is 22.7 Å². The van der Waals surface area contributed by atoms with E-state index < -0.39 is 0 Å². The molecule has 5 rings (SSSR count). The van der Waals surface area contributed by atoms with Gasteiger partial charge in [0.25, 0.3) is 0 Å². The number of hydrogen-bond acceptors (Lipinski definition) is 3. The Kier molecular flexibility index (Phi) is 4.46. The first-order valence-corrected chi connectivity index (χ1v) is 11.0. The van der Waals surface area contributed by atoms with Crippen LogP contribution in [0.5, 0.6) is 0 Å². The van der Waals surface area contributed by atoms with Gasteiger partial charge in [-0.15, -0.1) is 0 Å². The predicted molar refractivity (Wildman–Crippen MR) is 111 cm³/mol. The molecule has 0 radical (unpaired) electrons. The van der Waals surface area contributed by atoms with Gasteiger partial charge in [-0.3, -0.25) is 4.90 Å². The molecule has 26 heavy (non-hydrogen) atoms. The molecular weight excluding hydrogens is 336 g/mol. The maximum absolute atomic E-state index is 2.81. The number of nitrogens with zero attached hydrogens (tertiary/aromatic N) is 2. The molecule has 2 aliphatic heterocycles. The molecule has 1 saturated heterocycles. The Labute approximate surface area is 161 Å². The van der Waals surface area contributed by atoms with Crippen LogP contribution in [-0.2, 0) is 0 Å². The fourth-order valence-electron chi connectivity index (χ4n) is 5.05. The van der Waals surface area contributed by atoms with Gasteiger partial charge in [-0.1, -0.05) is 48.5 Å². The second-order valence-electron chi connectivity index (χ2n) is 8.15. The normalized spacial score (nSPS) is 31.5. The van der Waals surface area contributed by atoms with Gasteiger partial charge in [-0.25, -0.2) is 0 Å². The minimum absolute atomic E-state index is 0.547. The van der Waals surface area contributed by atoms with Crippen molar-refractivity contribution >= 4 is 23.1 Å². The average molecular weight is 365 g/mol. The van der Waals surface area contributed by atoms with Crippen LogP contribution in [0.4, 0.5) is 11.4 Å². The van der Waals surface area contributed by atoms with E-state index in [0.29, 0.717) is 5.37 Å². The third-order valence-corrected chi connectivity index (χ3v) is 7.97. The van der Waals surface area contributed by atoms with Crippen molar-refractivity contribution in [1.29, 1.82) is 0 Å². The van der Waals surface area contributed by atoms with E-state index in [4.69, 9.17) is 0 Å². The maximum Gasteiger partial charge on any atom is 0.0876 e. The van der Waals surface area contributed by atoms with Crippen LogP contribution in [-0.4, -0.2) is 28.9 Å². The number of rotatable bonds is 3. The molecule has 2 heterocycles. The van der Waals surface area contributed by atoms with Gasteiger partial charge in [0.2, 0.25) is 0 Å². The molecule has 0 bridgehead atoms. The quantitative estimate of drug-likeness (QED) is 0.668. The predicted octanol–water partition coefficient (Wildman–Crippen LogP) is 5.91. The lowest BCUT2D eigenvalue weighted by Crippen LogP contribution is -2.54. The van der Waals surface area contributed by atoms with Gasteiger partial charge < -0.3 is 4.90 Å². The molecule has 2 aromatic carbocycles. The number of thioether (sulfide) groups is 1. The van der Waals surface area contributed by atoms with E-state index >= 15 is 0 Å². The summed E-state index contributed by atoms with van der Waals surface area (Å²) in [6.07, 6.45) is 6.92. The van der Waals surface area contributed by atoms with E-state index in [1.807, 2.05) is 0 Å². The van der Waals surface area contributed by atoms with E-state index in [-0.39, 0.29) is 0 Å². The molecule has 2 nitrogen and oxygen atoms in total. The van der Waals surface area contributed by atoms with Crippen LogP contribution in [0.2, 0.25) is 0 Å². The zero-order valence-corrected chi connectivity index (χ0v) is 16.4. The minimum atomic E-state index is 0.547. The summed E-state index contributed by atoms with van der Waals surface area (Å²) >= 11 is 2.08. The highest BCUT2D eigenvalue weighted by Gasteiger charge is 2.45. The van der Waals surface area contributed by atoms with Gasteiger partial charge in [0.15, 0.2) is 0 Å². The summed E-state index contributed by atoms with van der Waals surface area (Å²) in [4.78, 5) is 6.84. The standard InChI is InChI=1S/C23H28N2S/c1-17-9-7-8-14-24(17)20-15-18(16-20)23-25(19-10-3-2-4-11-19)21-12-5-6-13-22(21)26-23/h2-6,10-13,17-18,20,23H,7-9,14-16H2,1H3/t17-,18?,20?,23?/m0/s1. The number of anilines is 2. The SMILES string of the molecule is C[C@H]1CCCCN1C1CC(C2Sc3ccccc3N2c2ccccc2)C1. The first-order chi connectivity index (χ1) is 12.8. The van der Waals surface area contributed by atoms with Gasteiger partial charge in [-0.2, -0.15) is 0 Å². The Morgan fingerprint density at radius 3 is 2.50 bits per heavy atom. The third-order valence-electron chi connectivity index (χ3n) is 6.54. The van der Waals surface area contributed by atoms with E-state index in [0.717, 1.165) is 18.0 Å². The molecule has 1 saturated carbocycles. The summed E-state index contributed by atoms with van der Waals surface area (Å²) in [7, 11) is 0. The molecule has 0 amide bonds. The van der Waals surface area contributed by atoms with Gasteiger partial charge >= 0.3 is 0 Å². The summed E-state index contributed by atoms with van der Waals surface area (Å²) in [5.74, 6) is 0.784. The van der Waals surface area contributed by atoms with E-state index in [1.54, 1.807) is 0 Å². The van der Waals surface area contributed by atoms with Gasteiger partial charge in [0.1, 0.15) is 0 Å². The molecule has 3 heteroatoms. The molecule has 0 spiro atoms. The molecule has 0 aromatic heterocycles. The summed E-state index contributed by atoms with van der Waals surface area (Å²) in [5.41, 5.74) is 2.73. The van der Waals surface area contributed by atoms with Crippen LogP contribution in [0, 0.1) is 5.92 Å². The highest BCUT2D eigenvalue weighted by molar-refractivity contribution is 8.00. The number of likely N-dealkylation sites (tertiary alicyclic amines) is 1. The third kappa shape index (κ3) is 2.86. The molecule has 136 valence electrons. The monoisotopic (exact) mass is 364 g/mol. The molecule has 0 N–H and O–H groups in total. The van der Waals surface area contributed by atoms with Crippen molar-refractivity contribution in [2.75, 3.05) is 11.4 Å². The topological polar surface area (TPSA) is 6.48 Å². The maximum atomic E-state index is 2.81. The number of para-hydroxylation sites is 2. The van der Waals surface area contributed by atoms with Crippen molar-refractivity contribution < 1.29 is 0 Å². The second-order valence-corrected chi connectivity index (χ2v) is 9.31. The van der Waals surface area contributed by atoms with Crippen molar-refractivity contribution in [2.45, 2.75) is 61.4 Å². The van der Waals surface area contributed by atoms with Crippen molar-refractivity contribution in [3.05, 3.63) is 54.6 Å². The number of piperidine rings is 1. The van der Waals surface area contributed by atoms with E-state index in [2.05, 4.69) is 83.1 Å². The molecule has 1 unspecified atom stereocenters. The summed E-state index contributed by atoms with van der Waals surface area (Å²) < 4.78 is 0. The van der Waals surface area contributed by atoms with Crippen LogP contribution >= 0.6 is 11.8 Å². The fourth-order valence-corrected chi connectivity index (χ4v) is 6.51. The Hall–Kier alpha value is -1.45. The van der Waals surface area contributed by atoms with Crippen LogP contribution in [0.1, 0.15) is 39.0 Å². The Balaban J connectivity index is 1.36. The van der Waals surface area contributed by atoms with Crippen LogP contribution < -0.4 is 4.90 Å². The second kappa shape index (κ2) is 6.94. The van der Waals surface area contributed by atoms with Crippen LogP contribution in [0.3, 0.4) is 0 Å². The zero-order chi connectivity index (χ0) is 17.5. The van der Waals surface area contributed by atoms with Gasteiger partial charge in [0.05, 0.1) is 11.1 Å². The first-order valence-electron chi connectivity index (χ1n) is 10.2. The van der Waals surface area contributed by atoms with Crippen LogP contribution in [0.15, 0.2) is 59.5 Å². The molecular formula is C23H28N2S. The largest absolute Gasteiger partial charge is 0.327 e. The highest BCUT2D eigenvalue weighted by Crippen LogP contribution is 2.54. The molecule has 3 aliphatic rings. The van der Waals surface area contributed by atoms with Crippen molar-refractivity contribution in [3.63, 3.8) is 0 Å². The van der Waals surface area contributed by atoms with Crippen molar-refractivity contribution in [1.82, 2.24) is 4.90 Å². The lowest BCUT2D eigenvalue weighted by atomic mass is 9.77. The average Bonchev–Trinajstić information content (AvgIpc) is 3.02. The first kappa shape index (κ1) is 16.7. The summed E-state index contributed by atoms with van der Waals surface area (Å²) in [6.45, 7) is 3.75. The summed E-state index contributed by atoms with van der Waals surface area (Å²) in [6, 6.07) is 21.5. The lowest BCUT2D eigenvalue weighted by Gasteiger charge is -2.50.